The first kappa shape index (κ1) is 31.2. The van der Waals surface area contributed by atoms with Crippen molar-refractivity contribution in [3.63, 3.8) is 0 Å². The summed E-state index contributed by atoms with van der Waals surface area (Å²) in [6.07, 6.45) is 2.38. The van der Waals surface area contributed by atoms with Crippen molar-refractivity contribution in [3.8, 4) is 0 Å². The lowest BCUT2D eigenvalue weighted by atomic mass is 9.83. The third-order valence-electron chi connectivity index (χ3n) is 9.50. The molecule has 0 spiro atoms. The molecule has 1 aliphatic carbocycles. The number of benzene rings is 3. The average molecular weight is 598 g/mol. The van der Waals surface area contributed by atoms with Crippen molar-refractivity contribution < 1.29 is 23.9 Å². The van der Waals surface area contributed by atoms with Crippen LogP contribution in [0.1, 0.15) is 62.9 Å². The van der Waals surface area contributed by atoms with Gasteiger partial charge in [0.15, 0.2) is 6.10 Å². The van der Waals surface area contributed by atoms with E-state index in [1.54, 1.807) is 13.0 Å². The van der Waals surface area contributed by atoms with Gasteiger partial charge >= 0.3 is 5.97 Å². The molecule has 0 bridgehead atoms. The number of amides is 3. The molecule has 3 N–H and O–H groups in total. The van der Waals surface area contributed by atoms with E-state index < -0.39 is 12.1 Å². The van der Waals surface area contributed by atoms with E-state index in [0.717, 1.165) is 36.5 Å². The Kier molecular flexibility index (Phi) is 9.67. The molecule has 8 nitrogen and oxygen atoms in total. The highest BCUT2D eigenvalue weighted by Gasteiger charge is 2.52. The maximum atomic E-state index is 13.4. The van der Waals surface area contributed by atoms with Crippen LogP contribution >= 0.6 is 0 Å². The largest absolute Gasteiger partial charge is 0.451 e. The van der Waals surface area contributed by atoms with E-state index in [-0.39, 0.29) is 59.4 Å². The molecule has 8 unspecified atom stereocenters. The zero-order valence-corrected chi connectivity index (χ0v) is 25.9. The van der Waals surface area contributed by atoms with Gasteiger partial charge in [-0.25, -0.2) is 0 Å². The van der Waals surface area contributed by atoms with Gasteiger partial charge in [-0.2, -0.15) is 0 Å². The van der Waals surface area contributed by atoms with Crippen molar-refractivity contribution >= 4 is 34.5 Å². The summed E-state index contributed by atoms with van der Waals surface area (Å²) in [4.78, 5) is 51.4. The second kappa shape index (κ2) is 13.6. The first-order valence-electron chi connectivity index (χ1n) is 15.8. The third-order valence-corrected chi connectivity index (χ3v) is 9.50. The van der Waals surface area contributed by atoms with E-state index in [1.807, 2.05) is 68.4 Å². The highest BCUT2D eigenvalue weighted by atomic mass is 16.6. The SMILES string of the molecule is CCC(C)C1C(=O)OC1C(=O)NC1CC1C(C)C(CCc1ccccc1)NC(=O)C(C)NC(=O)c1ccc2ccccc2c1. The highest BCUT2D eigenvalue weighted by Crippen LogP contribution is 2.41. The second-order valence-corrected chi connectivity index (χ2v) is 12.5. The van der Waals surface area contributed by atoms with Gasteiger partial charge in [0.25, 0.3) is 11.8 Å². The minimum Gasteiger partial charge on any atom is -0.451 e. The Bertz CT molecular complexity index is 1510. The normalized spacial score (nSPS) is 23.3. The Labute approximate surface area is 259 Å². The standard InChI is InChI=1S/C36H43N3O5/c1-5-21(2)31-32(44-36(31)43)35(42)39-30-20-28(30)22(3)29(18-15-24-11-7-6-8-12-24)38-33(40)23(4)37-34(41)27-17-16-25-13-9-10-14-26(25)19-27/h6-14,16-17,19,21-23,28-32H,5,15,18,20H2,1-4H3,(H,37,41)(H,38,40)(H,39,42). The van der Waals surface area contributed by atoms with E-state index >= 15 is 0 Å². The van der Waals surface area contributed by atoms with Crippen molar-refractivity contribution in [2.75, 3.05) is 0 Å². The van der Waals surface area contributed by atoms with Gasteiger partial charge in [0.1, 0.15) is 12.0 Å². The van der Waals surface area contributed by atoms with Crippen LogP contribution in [0.4, 0.5) is 0 Å². The lowest BCUT2D eigenvalue weighted by molar-refractivity contribution is -0.193. The molecule has 1 saturated heterocycles. The third kappa shape index (κ3) is 7.12. The zero-order chi connectivity index (χ0) is 31.4. The molecular formula is C36H43N3O5. The second-order valence-electron chi connectivity index (χ2n) is 12.5. The van der Waals surface area contributed by atoms with Crippen LogP contribution in [0.25, 0.3) is 10.8 Å². The molecule has 232 valence electrons. The minimum absolute atomic E-state index is 0.0319. The number of ether oxygens (including phenoxy) is 1. The Balaban J connectivity index is 1.20. The summed E-state index contributed by atoms with van der Waals surface area (Å²) < 4.78 is 5.22. The molecule has 2 aliphatic rings. The van der Waals surface area contributed by atoms with Gasteiger partial charge in [-0.3, -0.25) is 19.2 Å². The number of carbonyl (C=O) groups is 4. The lowest BCUT2D eigenvalue weighted by Gasteiger charge is -2.37. The smallest absolute Gasteiger partial charge is 0.314 e. The topological polar surface area (TPSA) is 114 Å². The summed E-state index contributed by atoms with van der Waals surface area (Å²) in [5.74, 6) is -1.13. The summed E-state index contributed by atoms with van der Waals surface area (Å²) in [6.45, 7) is 7.78. The number of aryl methyl sites for hydroxylation is 1. The Morgan fingerprint density at radius 1 is 0.909 bits per heavy atom. The van der Waals surface area contributed by atoms with Crippen LogP contribution in [0.3, 0.4) is 0 Å². The molecule has 2 fully saturated rings. The molecule has 44 heavy (non-hydrogen) atoms. The number of nitrogens with one attached hydrogen (secondary N) is 3. The lowest BCUT2D eigenvalue weighted by Crippen LogP contribution is -2.56. The predicted molar refractivity (Wildman–Crippen MR) is 170 cm³/mol. The Morgan fingerprint density at radius 2 is 1.61 bits per heavy atom. The number of carbonyl (C=O) groups excluding carboxylic acids is 4. The van der Waals surface area contributed by atoms with Crippen LogP contribution in [0.15, 0.2) is 72.8 Å². The minimum atomic E-state index is -0.735. The molecule has 3 aromatic rings. The fraction of sp³-hybridized carbons (Fsp3) is 0.444. The number of hydrogen-bond acceptors (Lipinski definition) is 5. The maximum Gasteiger partial charge on any atom is 0.314 e. The van der Waals surface area contributed by atoms with Crippen LogP contribution in [0, 0.1) is 23.7 Å². The fourth-order valence-electron chi connectivity index (χ4n) is 6.27. The van der Waals surface area contributed by atoms with Crippen molar-refractivity contribution in [1.29, 1.82) is 0 Å². The number of fused-ring (bicyclic) bond motifs is 1. The summed E-state index contributed by atoms with van der Waals surface area (Å²) >= 11 is 0. The van der Waals surface area contributed by atoms with E-state index in [1.165, 1.54) is 5.56 Å². The summed E-state index contributed by atoms with van der Waals surface area (Å²) in [6, 6.07) is 22.5. The molecule has 3 amide bonds. The molecular weight excluding hydrogens is 554 g/mol. The molecule has 0 radical (unpaired) electrons. The summed E-state index contributed by atoms with van der Waals surface area (Å²) in [5, 5.41) is 11.2. The number of rotatable bonds is 13. The van der Waals surface area contributed by atoms with Crippen LogP contribution in [-0.2, 0) is 25.5 Å². The van der Waals surface area contributed by atoms with Crippen molar-refractivity contribution in [2.45, 2.75) is 77.6 Å². The Hall–Kier alpha value is -4.20. The summed E-state index contributed by atoms with van der Waals surface area (Å²) in [5.41, 5.74) is 1.68. The first-order valence-corrected chi connectivity index (χ1v) is 15.8. The highest BCUT2D eigenvalue weighted by molar-refractivity contribution is 6.00. The Morgan fingerprint density at radius 3 is 2.32 bits per heavy atom. The molecule has 1 saturated carbocycles. The van der Waals surface area contributed by atoms with Gasteiger partial charge in [0, 0.05) is 17.6 Å². The quantitative estimate of drug-likeness (QED) is 0.245. The van der Waals surface area contributed by atoms with E-state index in [2.05, 4.69) is 35.0 Å². The van der Waals surface area contributed by atoms with Crippen molar-refractivity contribution in [2.24, 2.45) is 23.7 Å². The molecule has 8 heteroatoms. The van der Waals surface area contributed by atoms with Gasteiger partial charge in [-0.1, -0.05) is 87.9 Å². The van der Waals surface area contributed by atoms with Crippen LogP contribution in [-0.4, -0.2) is 47.9 Å². The van der Waals surface area contributed by atoms with Crippen LogP contribution < -0.4 is 16.0 Å². The van der Waals surface area contributed by atoms with Gasteiger partial charge in [-0.15, -0.1) is 0 Å². The van der Waals surface area contributed by atoms with E-state index in [9.17, 15) is 19.2 Å². The van der Waals surface area contributed by atoms with Crippen LogP contribution in [0.5, 0.6) is 0 Å². The van der Waals surface area contributed by atoms with Crippen LogP contribution in [0.2, 0.25) is 0 Å². The molecule has 1 heterocycles. The molecule has 3 aromatic carbocycles. The van der Waals surface area contributed by atoms with Gasteiger partial charge in [0.05, 0.1) is 0 Å². The first-order chi connectivity index (χ1) is 21.2. The average Bonchev–Trinajstić information content (AvgIpc) is 3.80. The van der Waals surface area contributed by atoms with Gasteiger partial charge < -0.3 is 20.7 Å². The number of esters is 1. The number of cyclic esters (lactones) is 1. The van der Waals surface area contributed by atoms with Crippen molar-refractivity contribution in [3.05, 3.63) is 83.9 Å². The summed E-state index contributed by atoms with van der Waals surface area (Å²) in [7, 11) is 0. The molecule has 0 aromatic heterocycles. The zero-order valence-electron chi connectivity index (χ0n) is 25.9. The fourth-order valence-corrected chi connectivity index (χ4v) is 6.27. The maximum absolute atomic E-state index is 13.4. The van der Waals surface area contributed by atoms with E-state index in [0.29, 0.717) is 5.56 Å². The number of hydrogen-bond donors (Lipinski definition) is 3. The predicted octanol–water partition coefficient (Wildman–Crippen LogP) is 4.80. The molecule has 5 rings (SSSR count). The monoisotopic (exact) mass is 597 g/mol. The molecule has 1 aliphatic heterocycles. The van der Waals surface area contributed by atoms with Crippen molar-refractivity contribution in [1.82, 2.24) is 16.0 Å². The van der Waals surface area contributed by atoms with E-state index in [4.69, 9.17) is 4.74 Å². The van der Waals surface area contributed by atoms with Gasteiger partial charge in [0.2, 0.25) is 5.91 Å². The molecule has 8 atom stereocenters. The van der Waals surface area contributed by atoms with Gasteiger partial charge in [-0.05, 0) is 72.4 Å².